The van der Waals surface area contributed by atoms with Gasteiger partial charge >= 0.3 is 0 Å². The van der Waals surface area contributed by atoms with Gasteiger partial charge in [0, 0.05) is 11.1 Å². The highest BCUT2D eigenvalue weighted by Crippen LogP contribution is 2.18. The topological polar surface area (TPSA) is 52.9 Å². The van der Waals surface area contributed by atoms with Crippen LogP contribution in [0, 0.1) is 18.3 Å². The standard InChI is InChI=1S/C13H10N2OS/c1-9-2-3-10(7-14)6-12(9)15-13(16)11-4-5-17-8-11/h2-6,8H,1H3,(H,15,16). The molecule has 0 fully saturated rings. The number of amides is 1. The molecule has 17 heavy (non-hydrogen) atoms. The lowest BCUT2D eigenvalue weighted by molar-refractivity contribution is 0.102. The van der Waals surface area contributed by atoms with E-state index in [-0.39, 0.29) is 5.91 Å². The van der Waals surface area contributed by atoms with Crippen LogP contribution in [0.25, 0.3) is 0 Å². The minimum absolute atomic E-state index is 0.149. The number of benzene rings is 1. The van der Waals surface area contributed by atoms with Crippen LogP contribution in [0.4, 0.5) is 5.69 Å². The Morgan fingerprint density at radius 1 is 1.41 bits per heavy atom. The van der Waals surface area contributed by atoms with Crippen molar-refractivity contribution in [3.8, 4) is 6.07 Å². The summed E-state index contributed by atoms with van der Waals surface area (Å²) in [7, 11) is 0. The lowest BCUT2D eigenvalue weighted by atomic mass is 10.1. The van der Waals surface area contributed by atoms with Gasteiger partial charge in [0.15, 0.2) is 0 Å². The molecular formula is C13H10N2OS. The molecule has 0 radical (unpaired) electrons. The third-order valence-electron chi connectivity index (χ3n) is 2.40. The first kappa shape index (κ1) is 11.4. The molecule has 4 heteroatoms. The predicted octanol–water partition coefficient (Wildman–Crippen LogP) is 3.18. The van der Waals surface area contributed by atoms with Crippen LogP contribution in [0.15, 0.2) is 35.0 Å². The molecule has 84 valence electrons. The fourth-order valence-electron chi connectivity index (χ4n) is 1.41. The molecule has 0 saturated heterocycles. The van der Waals surface area contributed by atoms with Crippen molar-refractivity contribution in [1.82, 2.24) is 0 Å². The van der Waals surface area contributed by atoms with Crippen LogP contribution in [0.1, 0.15) is 21.5 Å². The van der Waals surface area contributed by atoms with Crippen molar-refractivity contribution in [2.24, 2.45) is 0 Å². The molecule has 0 unspecified atom stereocenters. The fraction of sp³-hybridized carbons (Fsp3) is 0.0769. The van der Waals surface area contributed by atoms with E-state index < -0.39 is 0 Å². The fourth-order valence-corrected chi connectivity index (χ4v) is 2.05. The summed E-state index contributed by atoms with van der Waals surface area (Å²) in [6.07, 6.45) is 0. The second kappa shape index (κ2) is 4.81. The average molecular weight is 242 g/mol. The summed E-state index contributed by atoms with van der Waals surface area (Å²) in [5.41, 5.74) is 2.79. The molecule has 0 saturated carbocycles. The van der Waals surface area contributed by atoms with E-state index >= 15 is 0 Å². The van der Waals surface area contributed by atoms with Gasteiger partial charge in [-0.15, -0.1) is 0 Å². The van der Waals surface area contributed by atoms with Gasteiger partial charge in [-0.1, -0.05) is 6.07 Å². The third kappa shape index (κ3) is 2.52. The van der Waals surface area contributed by atoms with Gasteiger partial charge in [0.25, 0.3) is 5.91 Å². The maximum Gasteiger partial charge on any atom is 0.256 e. The number of hydrogen-bond acceptors (Lipinski definition) is 3. The molecular weight excluding hydrogens is 232 g/mol. The molecule has 1 amide bonds. The molecule has 0 aliphatic carbocycles. The second-order valence-corrected chi connectivity index (χ2v) is 4.39. The van der Waals surface area contributed by atoms with Crippen molar-refractivity contribution < 1.29 is 4.79 Å². The van der Waals surface area contributed by atoms with E-state index in [0.717, 1.165) is 5.56 Å². The Balaban J connectivity index is 2.25. The summed E-state index contributed by atoms with van der Waals surface area (Å²) in [4.78, 5) is 11.8. The molecule has 2 rings (SSSR count). The number of nitrogens with zero attached hydrogens (tertiary/aromatic N) is 1. The van der Waals surface area contributed by atoms with Gasteiger partial charge in [-0.05, 0) is 36.1 Å². The van der Waals surface area contributed by atoms with Crippen molar-refractivity contribution in [3.05, 3.63) is 51.7 Å². The molecule has 1 aromatic heterocycles. The van der Waals surface area contributed by atoms with Crippen LogP contribution in [-0.2, 0) is 0 Å². The van der Waals surface area contributed by atoms with E-state index in [0.29, 0.717) is 16.8 Å². The van der Waals surface area contributed by atoms with Crippen LogP contribution in [-0.4, -0.2) is 5.91 Å². The zero-order chi connectivity index (χ0) is 12.3. The number of nitrogens with one attached hydrogen (secondary N) is 1. The average Bonchev–Trinajstić information content (AvgIpc) is 2.85. The van der Waals surface area contributed by atoms with Crippen LogP contribution < -0.4 is 5.32 Å². The highest BCUT2D eigenvalue weighted by Gasteiger charge is 2.08. The number of aryl methyl sites for hydroxylation is 1. The van der Waals surface area contributed by atoms with Gasteiger partial charge in [-0.3, -0.25) is 4.79 Å². The molecule has 0 atom stereocenters. The van der Waals surface area contributed by atoms with Crippen molar-refractivity contribution in [3.63, 3.8) is 0 Å². The predicted molar refractivity (Wildman–Crippen MR) is 68.2 cm³/mol. The summed E-state index contributed by atoms with van der Waals surface area (Å²) in [5, 5.41) is 15.3. The van der Waals surface area contributed by atoms with Gasteiger partial charge in [-0.2, -0.15) is 16.6 Å². The van der Waals surface area contributed by atoms with E-state index in [1.807, 2.05) is 18.4 Å². The van der Waals surface area contributed by atoms with Crippen LogP contribution in [0.2, 0.25) is 0 Å². The quantitative estimate of drug-likeness (QED) is 0.879. The Labute approximate surface area is 103 Å². The van der Waals surface area contributed by atoms with Crippen molar-refractivity contribution in [2.75, 3.05) is 5.32 Å². The maximum atomic E-state index is 11.8. The van der Waals surface area contributed by atoms with Crippen molar-refractivity contribution in [2.45, 2.75) is 6.92 Å². The number of carbonyl (C=O) groups is 1. The van der Waals surface area contributed by atoms with Gasteiger partial charge < -0.3 is 5.32 Å². The van der Waals surface area contributed by atoms with Gasteiger partial charge in [-0.25, -0.2) is 0 Å². The SMILES string of the molecule is Cc1ccc(C#N)cc1NC(=O)c1ccsc1. The molecule has 1 N–H and O–H groups in total. The molecule has 0 bridgehead atoms. The molecule has 0 spiro atoms. The number of nitriles is 1. The van der Waals surface area contributed by atoms with E-state index in [2.05, 4.69) is 11.4 Å². The first-order chi connectivity index (χ1) is 8.20. The lowest BCUT2D eigenvalue weighted by Gasteiger charge is -2.07. The zero-order valence-electron chi connectivity index (χ0n) is 9.23. The number of carbonyl (C=O) groups excluding carboxylic acids is 1. The van der Waals surface area contributed by atoms with Crippen molar-refractivity contribution >= 4 is 22.9 Å². The van der Waals surface area contributed by atoms with Gasteiger partial charge in [0.1, 0.15) is 0 Å². The number of thiophene rings is 1. The second-order valence-electron chi connectivity index (χ2n) is 3.61. The number of rotatable bonds is 2. The number of anilines is 1. The Hall–Kier alpha value is -2.12. The van der Waals surface area contributed by atoms with E-state index in [1.165, 1.54) is 11.3 Å². The normalized spacial score (nSPS) is 9.65. The number of hydrogen-bond donors (Lipinski definition) is 1. The third-order valence-corrected chi connectivity index (χ3v) is 3.08. The van der Waals surface area contributed by atoms with E-state index in [1.54, 1.807) is 23.6 Å². The Morgan fingerprint density at radius 3 is 2.88 bits per heavy atom. The zero-order valence-corrected chi connectivity index (χ0v) is 10.0. The van der Waals surface area contributed by atoms with Crippen LogP contribution in [0.3, 0.4) is 0 Å². The summed E-state index contributed by atoms with van der Waals surface area (Å²) in [6, 6.07) is 9.05. The Morgan fingerprint density at radius 2 is 2.24 bits per heavy atom. The van der Waals surface area contributed by atoms with Gasteiger partial charge in [0.2, 0.25) is 0 Å². The molecule has 0 aliphatic rings. The Bertz CT molecular complexity index is 582. The summed E-state index contributed by atoms with van der Waals surface area (Å²) in [5.74, 6) is -0.149. The smallest absolute Gasteiger partial charge is 0.256 e. The molecule has 3 nitrogen and oxygen atoms in total. The molecule has 0 aliphatic heterocycles. The highest BCUT2D eigenvalue weighted by atomic mass is 32.1. The summed E-state index contributed by atoms with van der Waals surface area (Å²) in [6.45, 7) is 1.89. The van der Waals surface area contributed by atoms with Crippen LogP contribution >= 0.6 is 11.3 Å². The molecule has 2 aromatic rings. The summed E-state index contributed by atoms with van der Waals surface area (Å²) < 4.78 is 0. The first-order valence-electron chi connectivity index (χ1n) is 5.05. The lowest BCUT2D eigenvalue weighted by Crippen LogP contribution is -2.11. The molecule has 1 heterocycles. The van der Waals surface area contributed by atoms with E-state index in [9.17, 15) is 4.79 Å². The molecule has 1 aromatic carbocycles. The minimum Gasteiger partial charge on any atom is -0.322 e. The monoisotopic (exact) mass is 242 g/mol. The largest absolute Gasteiger partial charge is 0.322 e. The Kier molecular flexibility index (Phi) is 3.22. The summed E-state index contributed by atoms with van der Waals surface area (Å²) >= 11 is 1.48. The van der Waals surface area contributed by atoms with E-state index in [4.69, 9.17) is 5.26 Å². The highest BCUT2D eigenvalue weighted by molar-refractivity contribution is 7.08. The maximum absolute atomic E-state index is 11.8. The first-order valence-corrected chi connectivity index (χ1v) is 5.99. The van der Waals surface area contributed by atoms with Gasteiger partial charge in [0.05, 0.1) is 17.2 Å². The minimum atomic E-state index is -0.149. The van der Waals surface area contributed by atoms with Crippen molar-refractivity contribution in [1.29, 1.82) is 5.26 Å². The van der Waals surface area contributed by atoms with Crippen LogP contribution in [0.5, 0.6) is 0 Å².